The quantitative estimate of drug-likeness (QED) is 0.324. The number of hydrogen-bond donors (Lipinski definition) is 4. The SMILES string of the molecule is Cc1cc(C[C@@H](NC(=O)N2CCC(c3cc4c([nH]c3=O)SCCC4)CC2)C(=O)N2CCN(C3CCNCC3)CC2)cc2cn[nH]c12. The number of urea groups is 1. The average molecular weight is 647 g/mol. The van der Waals surface area contributed by atoms with E-state index < -0.39 is 6.04 Å². The van der Waals surface area contributed by atoms with E-state index in [0.717, 1.165) is 103 Å². The highest BCUT2D eigenvalue weighted by Crippen LogP contribution is 2.32. The van der Waals surface area contributed by atoms with Gasteiger partial charge in [0.05, 0.1) is 16.7 Å². The Bertz CT molecular complexity index is 1620. The number of fused-ring (bicyclic) bond motifs is 2. The van der Waals surface area contributed by atoms with E-state index >= 15 is 0 Å². The topological polar surface area (TPSA) is 129 Å². The lowest BCUT2D eigenvalue weighted by Gasteiger charge is -2.42. The van der Waals surface area contributed by atoms with Gasteiger partial charge >= 0.3 is 6.03 Å². The van der Waals surface area contributed by atoms with Gasteiger partial charge in [-0.15, -0.1) is 11.8 Å². The Morgan fingerprint density at radius 3 is 2.59 bits per heavy atom. The van der Waals surface area contributed by atoms with Crippen LogP contribution >= 0.6 is 11.8 Å². The number of carbonyl (C=O) groups is 2. The Balaban J connectivity index is 1.03. The minimum Gasteiger partial charge on any atom is -0.338 e. The third-order valence-electron chi connectivity index (χ3n) is 10.5. The van der Waals surface area contributed by atoms with Crippen molar-refractivity contribution in [3.63, 3.8) is 0 Å². The van der Waals surface area contributed by atoms with Gasteiger partial charge in [-0.2, -0.15) is 5.10 Å². The van der Waals surface area contributed by atoms with E-state index in [2.05, 4.69) is 48.9 Å². The number of carbonyl (C=O) groups excluding carboxylic acids is 2. The first-order valence-corrected chi connectivity index (χ1v) is 18.0. The second kappa shape index (κ2) is 13.8. The smallest absolute Gasteiger partial charge is 0.318 e. The van der Waals surface area contributed by atoms with E-state index in [1.165, 1.54) is 5.56 Å². The summed E-state index contributed by atoms with van der Waals surface area (Å²) in [5.41, 5.74) is 5.16. The predicted octanol–water partition coefficient (Wildman–Crippen LogP) is 2.99. The van der Waals surface area contributed by atoms with Gasteiger partial charge in [0.1, 0.15) is 6.04 Å². The Morgan fingerprint density at radius 1 is 1.02 bits per heavy atom. The number of benzene rings is 1. The van der Waals surface area contributed by atoms with Crippen molar-refractivity contribution in [1.29, 1.82) is 0 Å². The molecule has 3 saturated heterocycles. The number of nitrogens with zero attached hydrogens (tertiary/aromatic N) is 4. The highest BCUT2D eigenvalue weighted by molar-refractivity contribution is 7.99. The maximum absolute atomic E-state index is 14.1. The molecule has 1 atom stereocenters. The lowest BCUT2D eigenvalue weighted by molar-refractivity contribution is -0.135. The Kier molecular flexibility index (Phi) is 9.37. The van der Waals surface area contributed by atoms with Crippen LogP contribution < -0.4 is 16.2 Å². The number of likely N-dealkylation sites (tertiary alicyclic amines) is 1. The van der Waals surface area contributed by atoms with Crippen molar-refractivity contribution >= 4 is 34.6 Å². The Morgan fingerprint density at radius 2 is 1.80 bits per heavy atom. The normalized spacial score (nSPS) is 20.9. The number of aromatic amines is 2. The molecule has 3 amide bonds. The average Bonchev–Trinajstić information content (AvgIpc) is 3.57. The molecule has 0 radical (unpaired) electrons. The second-order valence-corrected chi connectivity index (χ2v) is 14.5. The van der Waals surface area contributed by atoms with Crippen molar-refractivity contribution in [2.45, 2.75) is 74.9 Å². The summed E-state index contributed by atoms with van der Waals surface area (Å²) in [4.78, 5) is 50.2. The maximum Gasteiger partial charge on any atom is 0.318 e. The number of piperazine rings is 1. The molecule has 4 aliphatic heterocycles. The molecule has 0 unspecified atom stereocenters. The number of nitrogens with one attached hydrogen (secondary N) is 4. The molecule has 4 N–H and O–H groups in total. The fourth-order valence-electron chi connectivity index (χ4n) is 7.83. The van der Waals surface area contributed by atoms with Gasteiger partial charge in [-0.25, -0.2) is 4.79 Å². The molecule has 246 valence electrons. The van der Waals surface area contributed by atoms with Gasteiger partial charge in [0.25, 0.3) is 5.56 Å². The summed E-state index contributed by atoms with van der Waals surface area (Å²) in [6, 6.07) is 5.97. The lowest BCUT2D eigenvalue weighted by atomic mass is 9.89. The van der Waals surface area contributed by atoms with Crippen LogP contribution in [0.15, 0.2) is 34.2 Å². The maximum atomic E-state index is 14.1. The highest BCUT2D eigenvalue weighted by atomic mass is 32.2. The molecule has 6 heterocycles. The number of hydrogen-bond acceptors (Lipinski definition) is 7. The van der Waals surface area contributed by atoms with Crippen molar-refractivity contribution in [2.24, 2.45) is 0 Å². The summed E-state index contributed by atoms with van der Waals surface area (Å²) in [6.07, 6.45) is 8.12. The molecule has 46 heavy (non-hydrogen) atoms. The van der Waals surface area contributed by atoms with Crippen molar-refractivity contribution < 1.29 is 9.59 Å². The highest BCUT2D eigenvalue weighted by Gasteiger charge is 2.33. The number of piperidine rings is 2. The number of aryl methyl sites for hydroxylation is 2. The molecule has 3 fully saturated rings. The zero-order valence-corrected chi connectivity index (χ0v) is 27.6. The van der Waals surface area contributed by atoms with Gasteiger partial charge in [-0.1, -0.05) is 6.07 Å². The number of thioether (sulfide) groups is 1. The molecular weight excluding hydrogens is 600 g/mol. The van der Waals surface area contributed by atoms with Crippen molar-refractivity contribution in [3.05, 3.63) is 57.0 Å². The summed E-state index contributed by atoms with van der Waals surface area (Å²) >= 11 is 1.73. The lowest BCUT2D eigenvalue weighted by Crippen LogP contribution is -2.59. The Labute approximate surface area is 274 Å². The molecule has 7 rings (SSSR count). The summed E-state index contributed by atoms with van der Waals surface area (Å²) in [5.74, 6) is 1.16. The first kappa shape index (κ1) is 31.3. The van der Waals surface area contributed by atoms with E-state index in [0.29, 0.717) is 38.6 Å². The third-order valence-corrected chi connectivity index (χ3v) is 11.6. The monoisotopic (exact) mass is 646 g/mol. The minimum atomic E-state index is -0.666. The van der Waals surface area contributed by atoms with Crippen LogP contribution in [0.1, 0.15) is 60.3 Å². The summed E-state index contributed by atoms with van der Waals surface area (Å²) < 4.78 is 0. The fourth-order valence-corrected chi connectivity index (χ4v) is 8.83. The zero-order chi connectivity index (χ0) is 31.6. The van der Waals surface area contributed by atoms with Crippen LogP contribution in [0.2, 0.25) is 0 Å². The van der Waals surface area contributed by atoms with Gasteiger partial charge in [-0.3, -0.25) is 19.6 Å². The summed E-state index contributed by atoms with van der Waals surface area (Å²) in [7, 11) is 0. The predicted molar refractivity (Wildman–Crippen MR) is 181 cm³/mol. The number of H-pyrrole nitrogens is 2. The van der Waals surface area contributed by atoms with Gasteiger partial charge in [-0.05, 0) is 99.0 Å². The van der Waals surface area contributed by atoms with Crippen molar-refractivity contribution in [2.75, 3.05) is 58.1 Å². The first-order chi connectivity index (χ1) is 22.4. The molecule has 0 bridgehead atoms. The van der Waals surface area contributed by atoms with Gasteiger partial charge in [0, 0.05) is 62.7 Å². The number of pyridine rings is 1. The molecule has 1 aromatic carbocycles. The van der Waals surface area contributed by atoms with E-state index in [9.17, 15) is 14.4 Å². The molecule has 0 saturated carbocycles. The van der Waals surface area contributed by atoms with Crippen LogP contribution in [0.3, 0.4) is 0 Å². The van der Waals surface area contributed by atoms with Crippen LogP contribution in [0.5, 0.6) is 0 Å². The molecule has 11 nitrogen and oxygen atoms in total. The van der Waals surface area contributed by atoms with Crippen LogP contribution in [0, 0.1) is 6.92 Å². The third kappa shape index (κ3) is 6.70. The van der Waals surface area contributed by atoms with E-state index in [-0.39, 0.29) is 23.4 Å². The van der Waals surface area contributed by atoms with Gasteiger partial charge in [0.15, 0.2) is 0 Å². The Hall–Kier alpha value is -3.35. The van der Waals surface area contributed by atoms with Crippen molar-refractivity contribution in [3.8, 4) is 0 Å². The second-order valence-electron chi connectivity index (χ2n) is 13.4. The standard InChI is InChI=1S/C34H46N8O3S/c1-22-17-23(18-26-21-36-39-30(22)26)19-29(33(44)41-14-12-40(13-15-41)27-4-8-35-9-5-27)37-34(45)42-10-6-24(7-11-42)28-20-25-3-2-16-46-32(25)38-31(28)43/h17-18,20-21,24,27,29,35H,2-16,19H2,1H3,(H,36,39)(H,37,45)(H,38,43)/t29-/m1/s1. The van der Waals surface area contributed by atoms with Crippen LogP contribution in [-0.2, 0) is 17.6 Å². The molecule has 12 heteroatoms. The van der Waals surface area contributed by atoms with Crippen molar-refractivity contribution in [1.82, 2.24) is 40.5 Å². The molecule has 2 aromatic heterocycles. The number of aromatic nitrogens is 3. The summed E-state index contributed by atoms with van der Waals surface area (Å²) in [6.45, 7) is 8.33. The molecule has 3 aromatic rings. The molecular formula is C34H46N8O3S. The van der Waals surface area contributed by atoms with Gasteiger partial charge < -0.3 is 25.4 Å². The fraction of sp³-hybridized carbons (Fsp3) is 0.588. The summed E-state index contributed by atoms with van der Waals surface area (Å²) in [5, 5.41) is 15.9. The number of amides is 3. The van der Waals surface area contributed by atoms with Gasteiger partial charge in [0.2, 0.25) is 5.91 Å². The van der Waals surface area contributed by atoms with Crippen LogP contribution in [0.25, 0.3) is 10.9 Å². The van der Waals surface area contributed by atoms with Crippen LogP contribution in [-0.4, -0.2) is 112 Å². The van der Waals surface area contributed by atoms with Crippen LogP contribution in [0.4, 0.5) is 4.79 Å². The largest absolute Gasteiger partial charge is 0.338 e. The zero-order valence-electron chi connectivity index (χ0n) is 26.8. The first-order valence-electron chi connectivity index (χ1n) is 17.0. The molecule has 0 aliphatic carbocycles. The number of rotatable bonds is 6. The molecule has 4 aliphatic rings. The van der Waals surface area contributed by atoms with E-state index in [4.69, 9.17) is 0 Å². The van der Waals surface area contributed by atoms with E-state index in [1.807, 2.05) is 16.7 Å². The minimum absolute atomic E-state index is 0.00634. The molecule has 0 spiro atoms. The van der Waals surface area contributed by atoms with E-state index in [1.54, 1.807) is 18.0 Å².